The number of nitrogens with zero attached hydrogens (tertiary/aromatic N) is 5. The van der Waals surface area contributed by atoms with Crippen molar-refractivity contribution in [3.05, 3.63) is 0 Å². The van der Waals surface area contributed by atoms with Crippen molar-refractivity contribution < 1.29 is 53.1 Å². The third-order valence-corrected chi connectivity index (χ3v) is 13.1. The Morgan fingerprint density at radius 1 is 0.736 bits per heavy atom. The Morgan fingerprint density at radius 3 is 1.79 bits per heavy atom. The lowest BCUT2D eigenvalue weighted by molar-refractivity contribution is -0.146. The molecule has 10 atom stereocenters. The van der Waals surface area contributed by atoms with Crippen LogP contribution < -0.4 is 43.4 Å². The highest BCUT2D eigenvalue weighted by Gasteiger charge is 2.41. The number of aliphatic hydroxyl groups is 1. The number of guanidine groups is 1. The summed E-state index contributed by atoms with van der Waals surface area (Å²) >= 11 is 0. The minimum Gasteiger partial charge on any atom is -0.391 e. The van der Waals surface area contributed by atoms with Crippen LogP contribution in [-0.4, -0.2) is 192 Å². The Labute approximate surface area is 425 Å². The van der Waals surface area contributed by atoms with Gasteiger partial charge in [-0.15, -0.1) is 0 Å². The summed E-state index contributed by atoms with van der Waals surface area (Å²) in [6.07, 6.45) is 1.28. The SMILES string of the molecule is CCC[C@@H](C(=O)N[C@H](C(=O)N[C@@H](CCCN=C(N)N)C(=O)N1CCC[C@H]1C(=O)NCC)[C@@H](C)CC)N(C)C(=O)[C@@H](NC(=O)[C@H](NC(=O)[C@H](C(C)C)N(C)C(=O)CNC(=O)CN(C)C(C)=O)[C@@H](C)CC)[C@@H](C)O. The summed E-state index contributed by atoms with van der Waals surface area (Å²) in [5.41, 5.74) is 11.0. The standard InChI is InChI=1S/C48H87N13O11/c1-14-20-33(42(67)55-37(28(7)15-2)43(68)54-32(21-18-23-52-48(49)50)46(71)61-24-19-22-34(61)41(66)51-17-4)59(12)47(72)39(30(9)62)57-44(69)38(29(8)16-3)56-45(70)40(27(5)6)60(13)36(65)25-53-35(64)26-58(11)31(10)63/h27-30,32-34,37-40,62H,14-26H2,1-13H3,(H,51,66)(H,53,64)(H,54,68)(H,55,67)(H,56,70)(H,57,69)(H4,49,50,52)/t28-,29-,30+,32-,33-,34-,37-,38+,39-,40-/m0/s1. The van der Waals surface area contributed by atoms with Crippen LogP contribution in [0, 0.1) is 17.8 Å². The van der Waals surface area contributed by atoms with Gasteiger partial charge in [-0.3, -0.25) is 52.9 Å². The van der Waals surface area contributed by atoms with Crippen molar-refractivity contribution in [1.82, 2.24) is 51.5 Å². The normalized spacial score (nSPS) is 17.0. The molecule has 0 spiro atoms. The highest BCUT2D eigenvalue weighted by molar-refractivity contribution is 5.98. The lowest BCUT2D eigenvalue weighted by atomic mass is 9.95. The van der Waals surface area contributed by atoms with E-state index >= 15 is 0 Å². The van der Waals surface area contributed by atoms with Gasteiger partial charge in [-0.2, -0.15) is 0 Å². The Morgan fingerprint density at radius 2 is 1.29 bits per heavy atom. The first kappa shape index (κ1) is 63.9. The van der Waals surface area contributed by atoms with E-state index in [9.17, 15) is 53.1 Å². The first-order valence-electron chi connectivity index (χ1n) is 25.2. The second-order valence-electron chi connectivity index (χ2n) is 19.2. The van der Waals surface area contributed by atoms with E-state index in [0.29, 0.717) is 51.6 Å². The third kappa shape index (κ3) is 19.5. The second kappa shape index (κ2) is 31.4. The van der Waals surface area contributed by atoms with E-state index in [-0.39, 0.29) is 43.7 Å². The maximum atomic E-state index is 14.3. The zero-order valence-corrected chi connectivity index (χ0v) is 45.0. The van der Waals surface area contributed by atoms with E-state index in [0.717, 1.165) is 9.80 Å². The summed E-state index contributed by atoms with van der Waals surface area (Å²) in [5.74, 6) is -7.64. The van der Waals surface area contributed by atoms with Crippen molar-refractivity contribution >= 4 is 65.0 Å². The number of hydrogen-bond donors (Lipinski definition) is 9. The molecule has 0 aliphatic carbocycles. The van der Waals surface area contributed by atoms with E-state index in [2.05, 4.69) is 36.9 Å². The van der Waals surface area contributed by atoms with E-state index in [1.165, 1.54) is 44.8 Å². The average Bonchev–Trinajstić information content (AvgIpc) is 3.82. The van der Waals surface area contributed by atoms with Crippen LogP contribution in [0.25, 0.3) is 0 Å². The van der Waals surface area contributed by atoms with Gasteiger partial charge in [0.1, 0.15) is 42.3 Å². The summed E-state index contributed by atoms with van der Waals surface area (Å²) in [7, 11) is 4.16. The number of amides is 10. The lowest BCUT2D eigenvalue weighted by Gasteiger charge is -2.35. The molecule has 0 saturated carbocycles. The molecule has 1 aliphatic rings. The van der Waals surface area contributed by atoms with Gasteiger partial charge in [0, 0.05) is 47.7 Å². The largest absolute Gasteiger partial charge is 0.391 e. The first-order chi connectivity index (χ1) is 33.7. The number of carbonyl (C=O) groups is 10. The van der Waals surface area contributed by atoms with E-state index in [4.69, 9.17) is 11.5 Å². The van der Waals surface area contributed by atoms with Crippen molar-refractivity contribution in [3.63, 3.8) is 0 Å². The van der Waals surface area contributed by atoms with Crippen LogP contribution in [-0.2, 0) is 47.9 Å². The second-order valence-corrected chi connectivity index (χ2v) is 19.2. The number of rotatable bonds is 30. The van der Waals surface area contributed by atoms with E-state index in [1.54, 1.807) is 48.5 Å². The van der Waals surface area contributed by atoms with Crippen LogP contribution in [0.2, 0.25) is 0 Å². The molecule has 0 aromatic rings. The van der Waals surface area contributed by atoms with Gasteiger partial charge >= 0.3 is 0 Å². The molecule has 1 aliphatic heterocycles. The highest BCUT2D eigenvalue weighted by atomic mass is 16.3. The van der Waals surface area contributed by atoms with Crippen LogP contribution in [0.15, 0.2) is 4.99 Å². The average molecular weight is 1020 g/mol. The van der Waals surface area contributed by atoms with Gasteiger partial charge in [-0.05, 0) is 63.7 Å². The lowest BCUT2D eigenvalue weighted by Crippen LogP contribution is -2.63. The van der Waals surface area contributed by atoms with Crippen molar-refractivity contribution in [2.45, 2.75) is 169 Å². The molecular weight excluding hydrogens is 935 g/mol. The topological polar surface area (TPSA) is 340 Å². The van der Waals surface area contributed by atoms with Gasteiger partial charge in [0.25, 0.3) is 0 Å². The number of carbonyl (C=O) groups excluding carboxylic acids is 10. The zero-order valence-electron chi connectivity index (χ0n) is 45.0. The molecule has 24 nitrogen and oxygen atoms in total. The zero-order chi connectivity index (χ0) is 55.2. The van der Waals surface area contributed by atoms with Gasteiger partial charge in [-0.1, -0.05) is 67.7 Å². The summed E-state index contributed by atoms with van der Waals surface area (Å²) in [5, 5.41) is 27.2. The summed E-state index contributed by atoms with van der Waals surface area (Å²) in [6, 6.07) is -8.20. The highest BCUT2D eigenvalue weighted by Crippen LogP contribution is 2.21. The summed E-state index contributed by atoms with van der Waals surface area (Å²) < 4.78 is 0. The third-order valence-electron chi connectivity index (χ3n) is 13.1. The summed E-state index contributed by atoms with van der Waals surface area (Å²) in [6.45, 7) is 16.7. The maximum absolute atomic E-state index is 14.3. The smallest absolute Gasteiger partial charge is 0.248 e. The van der Waals surface area contributed by atoms with Crippen LogP contribution in [0.3, 0.4) is 0 Å². The van der Waals surface area contributed by atoms with Gasteiger partial charge in [0.05, 0.1) is 19.2 Å². The molecule has 0 unspecified atom stereocenters. The number of nitrogens with two attached hydrogens (primary N) is 2. The van der Waals surface area contributed by atoms with Crippen LogP contribution >= 0.6 is 0 Å². The molecule has 0 bridgehead atoms. The number of nitrogens with one attached hydrogen (secondary N) is 6. The van der Waals surface area contributed by atoms with Gasteiger partial charge in [0.15, 0.2) is 5.96 Å². The fraction of sp³-hybridized carbons (Fsp3) is 0.771. The first-order valence-corrected chi connectivity index (χ1v) is 25.2. The Balaban J connectivity index is 3.42. The molecule has 1 fully saturated rings. The molecule has 10 amide bonds. The van der Waals surface area contributed by atoms with Crippen LogP contribution in [0.1, 0.15) is 121 Å². The monoisotopic (exact) mass is 1020 g/mol. The Kier molecular flexibility index (Phi) is 27.9. The minimum atomic E-state index is -1.61. The van der Waals surface area contributed by atoms with Gasteiger partial charge in [-0.25, -0.2) is 0 Å². The maximum Gasteiger partial charge on any atom is 0.248 e. The quantitative estimate of drug-likeness (QED) is 0.0220. The molecular formula is C48H87N13O11. The predicted molar refractivity (Wildman–Crippen MR) is 271 cm³/mol. The summed E-state index contributed by atoms with van der Waals surface area (Å²) in [4.78, 5) is 144. The molecule has 11 N–H and O–H groups in total. The fourth-order valence-corrected chi connectivity index (χ4v) is 8.25. The molecule has 0 aromatic carbocycles. The number of likely N-dealkylation sites (N-methyl/N-ethyl adjacent to an activating group) is 4. The molecule has 410 valence electrons. The molecule has 1 rings (SSSR count). The molecule has 0 radical (unpaired) electrons. The van der Waals surface area contributed by atoms with Crippen LogP contribution in [0.5, 0.6) is 0 Å². The molecule has 24 heteroatoms. The van der Waals surface area contributed by atoms with Crippen molar-refractivity contribution in [3.8, 4) is 0 Å². The van der Waals surface area contributed by atoms with E-state index in [1.807, 2.05) is 6.92 Å². The van der Waals surface area contributed by atoms with Crippen molar-refractivity contribution in [2.24, 2.45) is 34.2 Å². The molecule has 72 heavy (non-hydrogen) atoms. The minimum absolute atomic E-state index is 0.110. The molecule has 0 aromatic heterocycles. The number of aliphatic hydroxyl groups excluding tert-OH is 1. The number of likely N-dealkylation sites (tertiary alicyclic amines) is 1. The van der Waals surface area contributed by atoms with E-state index < -0.39 is 120 Å². The Hall–Kier alpha value is -6.07. The molecule has 1 heterocycles. The van der Waals surface area contributed by atoms with Crippen LogP contribution in [0.4, 0.5) is 0 Å². The Bertz CT molecular complexity index is 1900. The number of hydrogen-bond acceptors (Lipinski definition) is 12. The van der Waals surface area contributed by atoms with Crippen molar-refractivity contribution in [1.29, 1.82) is 0 Å². The number of aliphatic imine (C=N–C) groups is 1. The van der Waals surface area contributed by atoms with Crippen molar-refractivity contribution in [2.75, 3.05) is 53.9 Å². The fourth-order valence-electron chi connectivity index (χ4n) is 8.25. The molecule has 1 saturated heterocycles. The predicted octanol–water partition coefficient (Wildman–Crippen LogP) is -1.72. The van der Waals surface area contributed by atoms with Gasteiger partial charge in [0.2, 0.25) is 59.1 Å². The van der Waals surface area contributed by atoms with Gasteiger partial charge < -0.3 is 68.1 Å².